The molecule has 0 rings (SSSR count). The van der Waals surface area contributed by atoms with Gasteiger partial charge in [-0.1, -0.05) is 0 Å². The Labute approximate surface area is 90.0 Å². The van der Waals surface area contributed by atoms with Crippen molar-refractivity contribution in [2.75, 3.05) is 13.1 Å². The molecule has 0 aliphatic carbocycles. The van der Waals surface area contributed by atoms with Gasteiger partial charge < -0.3 is 16.2 Å². The van der Waals surface area contributed by atoms with Gasteiger partial charge >= 0.3 is 5.97 Å². The molecule has 0 spiro atoms. The second-order valence-electron chi connectivity index (χ2n) is 3.45. The lowest BCUT2D eigenvalue weighted by atomic mass is 10.2. The van der Waals surface area contributed by atoms with Crippen molar-refractivity contribution in [3.05, 3.63) is 0 Å². The van der Waals surface area contributed by atoms with Crippen LogP contribution in [0.25, 0.3) is 0 Å². The highest BCUT2D eigenvalue weighted by Crippen LogP contribution is 1.99. The maximum Gasteiger partial charge on any atom is 0.303 e. The molecule has 0 aromatic heterocycles. The predicted octanol–water partition coefficient (Wildman–Crippen LogP) is 0.486. The number of aliphatic carboxylic acids is 1. The molecule has 0 bridgehead atoms. The first-order chi connectivity index (χ1) is 7.16. The summed E-state index contributed by atoms with van der Waals surface area (Å²) in [6.07, 6.45) is 3.56. The summed E-state index contributed by atoms with van der Waals surface area (Å²) >= 11 is 0. The fraction of sp³-hybridized carbons (Fsp3) is 0.800. The zero-order valence-electron chi connectivity index (χ0n) is 9.00. The van der Waals surface area contributed by atoms with E-state index in [9.17, 15) is 9.59 Å². The maximum atomic E-state index is 11.2. The van der Waals surface area contributed by atoms with Crippen LogP contribution in [0.4, 0.5) is 0 Å². The molecule has 5 nitrogen and oxygen atoms in total. The number of hydrogen-bond donors (Lipinski definition) is 3. The van der Waals surface area contributed by atoms with Crippen LogP contribution in [0.1, 0.15) is 38.5 Å². The number of rotatable bonds is 9. The minimum Gasteiger partial charge on any atom is -0.481 e. The summed E-state index contributed by atoms with van der Waals surface area (Å²) in [6.45, 7) is 1.31. The van der Waals surface area contributed by atoms with E-state index in [0.29, 0.717) is 32.4 Å². The maximum absolute atomic E-state index is 11.2. The lowest BCUT2D eigenvalue weighted by Crippen LogP contribution is -2.24. The van der Waals surface area contributed by atoms with Gasteiger partial charge in [-0.2, -0.15) is 0 Å². The molecule has 0 saturated carbocycles. The van der Waals surface area contributed by atoms with E-state index in [1.54, 1.807) is 0 Å². The van der Waals surface area contributed by atoms with E-state index in [-0.39, 0.29) is 12.3 Å². The summed E-state index contributed by atoms with van der Waals surface area (Å²) in [5.74, 6) is -0.809. The highest BCUT2D eigenvalue weighted by molar-refractivity contribution is 5.75. The van der Waals surface area contributed by atoms with Crippen molar-refractivity contribution in [2.24, 2.45) is 5.73 Å². The average molecular weight is 216 g/mol. The zero-order chi connectivity index (χ0) is 11.5. The third-order valence-electron chi connectivity index (χ3n) is 2.00. The molecule has 88 valence electrons. The highest BCUT2D eigenvalue weighted by Gasteiger charge is 2.01. The zero-order valence-corrected chi connectivity index (χ0v) is 9.00. The standard InChI is InChI=1S/C10H20N2O3/c11-7-3-4-8-12-9(13)5-1-2-6-10(14)15/h1-8,11H2,(H,12,13)(H,14,15). The molecule has 1 amide bonds. The normalized spacial score (nSPS) is 9.93. The topological polar surface area (TPSA) is 92.4 Å². The van der Waals surface area contributed by atoms with E-state index in [1.807, 2.05) is 0 Å². The van der Waals surface area contributed by atoms with Gasteiger partial charge in [-0.15, -0.1) is 0 Å². The first kappa shape index (κ1) is 13.9. The second kappa shape index (κ2) is 9.45. The lowest BCUT2D eigenvalue weighted by Gasteiger charge is -2.03. The van der Waals surface area contributed by atoms with Crippen LogP contribution >= 0.6 is 0 Å². The Bertz CT molecular complexity index is 195. The Balaban J connectivity index is 3.22. The van der Waals surface area contributed by atoms with Crippen LogP contribution in [0.2, 0.25) is 0 Å². The van der Waals surface area contributed by atoms with Crippen LogP contribution in [0.3, 0.4) is 0 Å². The van der Waals surface area contributed by atoms with Crippen molar-refractivity contribution in [1.29, 1.82) is 0 Å². The molecule has 0 saturated heterocycles. The molecule has 0 aromatic carbocycles. The molecule has 0 aromatic rings. The molecular formula is C10H20N2O3. The van der Waals surface area contributed by atoms with E-state index < -0.39 is 5.97 Å². The molecule has 0 aliphatic heterocycles. The molecule has 0 heterocycles. The minimum absolute atomic E-state index is 0.00240. The first-order valence-electron chi connectivity index (χ1n) is 5.35. The van der Waals surface area contributed by atoms with Gasteiger partial charge in [-0.05, 0) is 32.2 Å². The van der Waals surface area contributed by atoms with Crippen molar-refractivity contribution >= 4 is 11.9 Å². The number of nitrogens with two attached hydrogens (primary N) is 1. The molecule has 0 fully saturated rings. The summed E-state index contributed by atoms with van der Waals surface area (Å²) in [5.41, 5.74) is 5.30. The fourth-order valence-electron chi connectivity index (χ4n) is 1.15. The lowest BCUT2D eigenvalue weighted by molar-refractivity contribution is -0.137. The van der Waals surface area contributed by atoms with Crippen molar-refractivity contribution in [1.82, 2.24) is 5.32 Å². The van der Waals surface area contributed by atoms with Gasteiger partial charge in [-0.25, -0.2) is 0 Å². The van der Waals surface area contributed by atoms with Crippen molar-refractivity contribution in [3.8, 4) is 0 Å². The highest BCUT2D eigenvalue weighted by atomic mass is 16.4. The number of amides is 1. The number of carboxylic acid groups (broad SMARTS) is 1. The Kier molecular flexibility index (Phi) is 8.76. The SMILES string of the molecule is NCCCCNC(=O)CCCCC(=O)O. The number of carboxylic acids is 1. The van der Waals surface area contributed by atoms with E-state index in [0.717, 1.165) is 12.8 Å². The second-order valence-corrected chi connectivity index (χ2v) is 3.45. The summed E-state index contributed by atoms with van der Waals surface area (Å²) in [7, 11) is 0. The van der Waals surface area contributed by atoms with Crippen LogP contribution in [-0.2, 0) is 9.59 Å². The number of nitrogens with one attached hydrogen (secondary N) is 1. The van der Waals surface area contributed by atoms with Gasteiger partial charge in [0.2, 0.25) is 5.91 Å². The predicted molar refractivity (Wildman–Crippen MR) is 57.4 cm³/mol. The minimum atomic E-state index is -0.807. The third-order valence-corrected chi connectivity index (χ3v) is 2.00. The van der Waals surface area contributed by atoms with Crippen molar-refractivity contribution < 1.29 is 14.7 Å². The van der Waals surface area contributed by atoms with E-state index in [1.165, 1.54) is 0 Å². The average Bonchev–Trinajstić information content (AvgIpc) is 2.19. The van der Waals surface area contributed by atoms with Crippen LogP contribution in [-0.4, -0.2) is 30.1 Å². The number of carbonyl (C=O) groups excluding carboxylic acids is 1. The summed E-state index contributed by atoms with van der Waals surface area (Å²) in [6, 6.07) is 0. The Hall–Kier alpha value is -1.10. The number of hydrogen-bond acceptors (Lipinski definition) is 3. The van der Waals surface area contributed by atoms with Gasteiger partial charge in [0.05, 0.1) is 0 Å². The largest absolute Gasteiger partial charge is 0.481 e. The van der Waals surface area contributed by atoms with Gasteiger partial charge in [-0.3, -0.25) is 9.59 Å². The summed E-state index contributed by atoms with van der Waals surface area (Å²) in [4.78, 5) is 21.3. The number of carbonyl (C=O) groups is 2. The van der Waals surface area contributed by atoms with Gasteiger partial charge in [0.1, 0.15) is 0 Å². The summed E-state index contributed by atoms with van der Waals surface area (Å²) in [5, 5.41) is 11.1. The molecular weight excluding hydrogens is 196 g/mol. The Morgan fingerprint density at radius 2 is 1.73 bits per heavy atom. The van der Waals surface area contributed by atoms with Crippen LogP contribution < -0.4 is 11.1 Å². The van der Waals surface area contributed by atoms with Crippen LogP contribution in [0.15, 0.2) is 0 Å². The first-order valence-corrected chi connectivity index (χ1v) is 5.35. The van der Waals surface area contributed by atoms with E-state index in [4.69, 9.17) is 10.8 Å². The van der Waals surface area contributed by atoms with E-state index >= 15 is 0 Å². The van der Waals surface area contributed by atoms with E-state index in [2.05, 4.69) is 5.32 Å². The van der Waals surface area contributed by atoms with Crippen molar-refractivity contribution in [3.63, 3.8) is 0 Å². The third kappa shape index (κ3) is 10.8. The Morgan fingerprint density at radius 1 is 1.07 bits per heavy atom. The molecule has 0 unspecified atom stereocenters. The van der Waals surface area contributed by atoms with Crippen LogP contribution in [0.5, 0.6) is 0 Å². The smallest absolute Gasteiger partial charge is 0.303 e. The van der Waals surface area contributed by atoms with Gasteiger partial charge in [0.25, 0.3) is 0 Å². The molecule has 5 heteroatoms. The molecule has 4 N–H and O–H groups in total. The molecule has 15 heavy (non-hydrogen) atoms. The van der Waals surface area contributed by atoms with Crippen LogP contribution in [0, 0.1) is 0 Å². The monoisotopic (exact) mass is 216 g/mol. The van der Waals surface area contributed by atoms with Gasteiger partial charge in [0.15, 0.2) is 0 Å². The summed E-state index contributed by atoms with van der Waals surface area (Å²) < 4.78 is 0. The molecule has 0 atom stereocenters. The molecule has 0 radical (unpaired) electrons. The fourth-order valence-corrected chi connectivity index (χ4v) is 1.15. The van der Waals surface area contributed by atoms with Crippen molar-refractivity contribution in [2.45, 2.75) is 38.5 Å². The Morgan fingerprint density at radius 3 is 2.33 bits per heavy atom. The quantitative estimate of drug-likeness (QED) is 0.489. The molecule has 0 aliphatic rings. The van der Waals surface area contributed by atoms with Gasteiger partial charge in [0, 0.05) is 19.4 Å². The number of unbranched alkanes of at least 4 members (excludes halogenated alkanes) is 2.